The molecule has 0 unspecified atom stereocenters. The van der Waals surface area contributed by atoms with Gasteiger partial charge >= 0.3 is 0 Å². The predicted octanol–water partition coefficient (Wildman–Crippen LogP) is 6.08. The van der Waals surface area contributed by atoms with Crippen LogP contribution in [0, 0.1) is 0 Å². The van der Waals surface area contributed by atoms with Gasteiger partial charge in [-0.15, -0.1) is 0 Å². The minimum atomic E-state index is -0.136. The molecule has 6 heteroatoms. The van der Waals surface area contributed by atoms with Crippen LogP contribution in [0.5, 0.6) is 11.5 Å². The average molecular weight is 452 g/mol. The van der Waals surface area contributed by atoms with Gasteiger partial charge in [0.25, 0.3) is 5.91 Å². The van der Waals surface area contributed by atoms with E-state index in [1.807, 2.05) is 60.7 Å². The molecule has 0 bridgehead atoms. The third-order valence-electron chi connectivity index (χ3n) is 5.48. The van der Waals surface area contributed by atoms with Gasteiger partial charge in [0.15, 0.2) is 0 Å². The number of carbonyl (C=O) groups is 1. The zero-order valence-corrected chi connectivity index (χ0v) is 18.0. The SMILES string of the molecule is O=C(N[C@H]1CCOc2ccccc21)C1=Cc2cccc(-c3cc(Cl)cc(Cl)c3)c2OC1. The largest absolute Gasteiger partial charge is 0.493 e. The molecule has 0 radical (unpaired) electrons. The Bertz CT molecular complexity index is 1180. The molecule has 0 spiro atoms. The zero-order valence-electron chi connectivity index (χ0n) is 16.5. The van der Waals surface area contributed by atoms with E-state index in [4.69, 9.17) is 32.7 Å². The maximum atomic E-state index is 13.0. The van der Waals surface area contributed by atoms with Gasteiger partial charge in [0.05, 0.1) is 18.2 Å². The Hall–Kier alpha value is -2.95. The van der Waals surface area contributed by atoms with E-state index < -0.39 is 0 Å². The number of amides is 1. The van der Waals surface area contributed by atoms with Crippen molar-refractivity contribution in [2.24, 2.45) is 0 Å². The highest BCUT2D eigenvalue weighted by Crippen LogP contribution is 2.39. The van der Waals surface area contributed by atoms with Crippen molar-refractivity contribution in [3.05, 3.63) is 87.4 Å². The Labute approximate surface area is 190 Å². The van der Waals surface area contributed by atoms with Crippen molar-refractivity contribution in [3.8, 4) is 22.6 Å². The van der Waals surface area contributed by atoms with Gasteiger partial charge in [0.1, 0.15) is 18.1 Å². The maximum absolute atomic E-state index is 13.0. The predicted molar refractivity (Wildman–Crippen MR) is 123 cm³/mol. The molecule has 2 heterocycles. The van der Waals surface area contributed by atoms with Gasteiger partial charge in [-0.25, -0.2) is 0 Å². The highest BCUT2D eigenvalue weighted by Gasteiger charge is 2.26. The van der Waals surface area contributed by atoms with Crippen LogP contribution in [0.25, 0.3) is 17.2 Å². The van der Waals surface area contributed by atoms with Crippen molar-refractivity contribution in [3.63, 3.8) is 0 Å². The number of rotatable bonds is 3. The first kappa shape index (κ1) is 20.0. The molecule has 1 N–H and O–H groups in total. The molecule has 5 rings (SSSR count). The topological polar surface area (TPSA) is 47.6 Å². The minimum Gasteiger partial charge on any atom is -0.493 e. The van der Waals surface area contributed by atoms with E-state index in [9.17, 15) is 4.79 Å². The second-order valence-electron chi connectivity index (χ2n) is 7.54. The summed E-state index contributed by atoms with van der Waals surface area (Å²) in [6.45, 7) is 0.765. The van der Waals surface area contributed by atoms with Gasteiger partial charge in [-0.05, 0) is 35.9 Å². The molecule has 0 saturated carbocycles. The van der Waals surface area contributed by atoms with Crippen molar-refractivity contribution >= 4 is 35.2 Å². The number of hydrogen-bond donors (Lipinski definition) is 1. The normalized spacial score (nSPS) is 16.8. The monoisotopic (exact) mass is 451 g/mol. The van der Waals surface area contributed by atoms with Gasteiger partial charge in [-0.2, -0.15) is 0 Å². The third kappa shape index (κ3) is 4.01. The fourth-order valence-corrected chi connectivity index (χ4v) is 4.55. The average Bonchev–Trinajstić information content (AvgIpc) is 2.78. The molecule has 1 atom stereocenters. The van der Waals surface area contributed by atoms with Gasteiger partial charge in [0.2, 0.25) is 0 Å². The molecule has 0 saturated heterocycles. The molecule has 2 aliphatic rings. The summed E-state index contributed by atoms with van der Waals surface area (Å²) in [5, 5.41) is 4.25. The summed E-state index contributed by atoms with van der Waals surface area (Å²) < 4.78 is 11.7. The Kier molecular flexibility index (Phi) is 5.34. The number of hydrogen-bond acceptors (Lipinski definition) is 3. The number of para-hydroxylation sites is 2. The van der Waals surface area contributed by atoms with Crippen molar-refractivity contribution in [2.45, 2.75) is 12.5 Å². The Morgan fingerprint density at radius 2 is 1.77 bits per heavy atom. The van der Waals surface area contributed by atoms with Gasteiger partial charge in [-0.3, -0.25) is 4.79 Å². The Morgan fingerprint density at radius 3 is 2.61 bits per heavy atom. The van der Waals surface area contributed by atoms with Crippen LogP contribution in [0.4, 0.5) is 0 Å². The van der Waals surface area contributed by atoms with Gasteiger partial charge in [-0.1, -0.05) is 59.6 Å². The van der Waals surface area contributed by atoms with E-state index in [1.165, 1.54) is 0 Å². The van der Waals surface area contributed by atoms with Crippen LogP contribution in [-0.4, -0.2) is 19.1 Å². The van der Waals surface area contributed by atoms with E-state index >= 15 is 0 Å². The molecular formula is C25H19Cl2NO3. The molecule has 2 aliphatic heterocycles. The summed E-state index contributed by atoms with van der Waals surface area (Å²) in [6, 6.07) is 18.9. The van der Waals surface area contributed by atoms with Crippen molar-refractivity contribution in [1.82, 2.24) is 5.32 Å². The lowest BCUT2D eigenvalue weighted by molar-refractivity contribution is -0.118. The standard InChI is InChI=1S/C25H19Cl2NO3/c26-18-11-16(12-19(27)13-18)20-6-3-4-15-10-17(14-31-24(15)20)25(29)28-22-8-9-30-23-7-2-1-5-21(22)23/h1-7,10-13,22H,8-9,14H2,(H,28,29)/t22-/m0/s1. The van der Waals surface area contributed by atoms with Crippen molar-refractivity contribution < 1.29 is 14.3 Å². The molecule has 0 fully saturated rings. The summed E-state index contributed by atoms with van der Waals surface area (Å²) >= 11 is 12.4. The number of nitrogens with one attached hydrogen (secondary N) is 1. The summed E-state index contributed by atoms with van der Waals surface area (Å²) in [7, 11) is 0. The number of halogens is 2. The molecule has 31 heavy (non-hydrogen) atoms. The van der Waals surface area contributed by atoms with Crippen LogP contribution in [-0.2, 0) is 4.79 Å². The highest BCUT2D eigenvalue weighted by atomic mass is 35.5. The van der Waals surface area contributed by atoms with Gasteiger partial charge in [0, 0.05) is 33.2 Å². The highest BCUT2D eigenvalue weighted by molar-refractivity contribution is 6.35. The first-order chi connectivity index (χ1) is 15.1. The van der Waals surface area contributed by atoms with E-state index in [1.54, 1.807) is 6.07 Å². The zero-order chi connectivity index (χ0) is 21.4. The summed E-state index contributed by atoms with van der Waals surface area (Å²) in [5.41, 5.74) is 4.18. The van der Waals surface area contributed by atoms with Crippen LogP contribution >= 0.6 is 23.2 Å². The summed E-state index contributed by atoms with van der Waals surface area (Å²) in [6.07, 6.45) is 2.61. The van der Waals surface area contributed by atoms with Crippen LogP contribution in [0.1, 0.15) is 23.6 Å². The fourth-order valence-electron chi connectivity index (χ4n) is 4.02. The van der Waals surface area contributed by atoms with Crippen LogP contribution in [0.3, 0.4) is 0 Å². The van der Waals surface area contributed by atoms with E-state index in [2.05, 4.69) is 5.32 Å². The second-order valence-corrected chi connectivity index (χ2v) is 8.41. The Balaban J connectivity index is 1.42. The third-order valence-corrected chi connectivity index (χ3v) is 5.91. The van der Waals surface area contributed by atoms with E-state index in [0.717, 1.165) is 34.4 Å². The minimum absolute atomic E-state index is 0.0836. The van der Waals surface area contributed by atoms with E-state index in [-0.39, 0.29) is 18.6 Å². The fraction of sp³-hybridized carbons (Fsp3) is 0.160. The second kappa shape index (κ2) is 8.29. The van der Waals surface area contributed by atoms with Crippen LogP contribution in [0.2, 0.25) is 10.0 Å². The molecule has 0 aromatic heterocycles. The first-order valence-corrected chi connectivity index (χ1v) is 10.8. The van der Waals surface area contributed by atoms with E-state index in [0.29, 0.717) is 28.0 Å². The van der Waals surface area contributed by atoms with Crippen molar-refractivity contribution in [2.75, 3.05) is 13.2 Å². The van der Waals surface area contributed by atoms with Crippen LogP contribution < -0.4 is 14.8 Å². The first-order valence-electron chi connectivity index (χ1n) is 10.0. The molecule has 156 valence electrons. The summed E-state index contributed by atoms with van der Waals surface area (Å²) in [5.74, 6) is 1.40. The molecule has 4 nitrogen and oxygen atoms in total. The number of fused-ring (bicyclic) bond motifs is 2. The summed E-state index contributed by atoms with van der Waals surface area (Å²) in [4.78, 5) is 13.0. The lowest BCUT2D eigenvalue weighted by Crippen LogP contribution is -2.34. The lowest BCUT2D eigenvalue weighted by atomic mass is 9.97. The molecular weight excluding hydrogens is 433 g/mol. The van der Waals surface area contributed by atoms with Crippen LogP contribution in [0.15, 0.2) is 66.2 Å². The lowest BCUT2D eigenvalue weighted by Gasteiger charge is -2.27. The molecule has 3 aromatic rings. The smallest absolute Gasteiger partial charge is 0.251 e. The molecule has 0 aliphatic carbocycles. The number of carbonyl (C=O) groups excluding carboxylic acids is 1. The quantitative estimate of drug-likeness (QED) is 0.524. The number of ether oxygens (including phenoxy) is 2. The molecule has 1 amide bonds. The Morgan fingerprint density at radius 1 is 0.968 bits per heavy atom. The maximum Gasteiger partial charge on any atom is 0.251 e. The number of benzene rings is 3. The van der Waals surface area contributed by atoms with Gasteiger partial charge < -0.3 is 14.8 Å². The van der Waals surface area contributed by atoms with Crippen molar-refractivity contribution in [1.29, 1.82) is 0 Å². The molecule has 3 aromatic carbocycles.